The van der Waals surface area contributed by atoms with Gasteiger partial charge in [-0.15, -0.1) is 0 Å². The molecule has 5 nitrogen and oxygen atoms in total. The van der Waals surface area contributed by atoms with E-state index in [0.717, 1.165) is 0 Å². The average molecular weight is 348 g/mol. The molecule has 1 aromatic carbocycles. The first-order valence-electron chi connectivity index (χ1n) is 4.54. The molecule has 2 rings (SSSR count). The Kier molecular flexibility index (Phi) is 3.55. The van der Waals surface area contributed by atoms with E-state index in [1.807, 2.05) is 18.2 Å². The number of benzene rings is 1. The lowest BCUT2D eigenvalue weighted by atomic mass is 10.3. The predicted molar refractivity (Wildman–Crippen MR) is 67.4 cm³/mol. The molecule has 0 unspecified atom stereocenters. The van der Waals surface area contributed by atoms with Gasteiger partial charge in [-0.05, 0) is 22.6 Å². The number of alkyl halides is 2. The van der Waals surface area contributed by atoms with Gasteiger partial charge in [0.25, 0.3) is 0 Å². The molecule has 1 heterocycles. The third kappa shape index (κ3) is 2.10. The molecule has 16 heavy (non-hydrogen) atoms. The molecule has 84 valence electrons. The number of rotatable bonds is 3. The van der Waals surface area contributed by atoms with Gasteiger partial charge in [0, 0.05) is 5.33 Å². The van der Waals surface area contributed by atoms with E-state index < -0.39 is 0 Å². The standard InChI is InChI=1S/C9H8Br2N4O/c10-6-8(11)15-9(16)14(12-13-15)7-4-2-1-3-5-7/h1-5,8H,6H2/t8-/m1/s1. The van der Waals surface area contributed by atoms with E-state index in [2.05, 4.69) is 42.3 Å². The lowest BCUT2D eigenvalue weighted by molar-refractivity contribution is 0.611. The summed E-state index contributed by atoms with van der Waals surface area (Å²) in [4.78, 5) is 11.7. The van der Waals surface area contributed by atoms with Crippen molar-refractivity contribution in [3.05, 3.63) is 40.8 Å². The van der Waals surface area contributed by atoms with Crippen LogP contribution in [0.1, 0.15) is 4.95 Å². The number of para-hydroxylation sites is 1. The molecule has 0 fully saturated rings. The molecule has 0 amide bonds. The summed E-state index contributed by atoms with van der Waals surface area (Å²) >= 11 is 6.59. The van der Waals surface area contributed by atoms with Crippen molar-refractivity contribution in [1.29, 1.82) is 0 Å². The first-order valence-corrected chi connectivity index (χ1v) is 6.57. The van der Waals surface area contributed by atoms with Gasteiger partial charge in [0.1, 0.15) is 4.95 Å². The molecule has 1 atom stereocenters. The van der Waals surface area contributed by atoms with Gasteiger partial charge in [-0.25, -0.2) is 4.79 Å². The Bertz CT molecular complexity index is 522. The van der Waals surface area contributed by atoms with Gasteiger partial charge in [0.05, 0.1) is 5.69 Å². The number of halogens is 2. The molecular weight excluding hydrogens is 340 g/mol. The zero-order valence-electron chi connectivity index (χ0n) is 8.12. The zero-order chi connectivity index (χ0) is 11.5. The highest BCUT2D eigenvalue weighted by molar-refractivity contribution is 9.11. The maximum atomic E-state index is 11.9. The molecule has 0 saturated heterocycles. The molecule has 0 radical (unpaired) electrons. The molecule has 0 spiro atoms. The Morgan fingerprint density at radius 3 is 2.56 bits per heavy atom. The van der Waals surface area contributed by atoms with Gasteiger partial charge >= 0.3 is 5.69 Å². The topological polar surface area (TPSA) is 52.7 Å². The fourth-order valence-corrected chi connectivity index (χ4v) is 1.76. The van der Waals surface area contributed by atoms with Crippen LogP contribution >= 0.6 is 31.9 Å². The van der Waals surface area contributed by atoms with Gasteiger partial charge in [-0.2, -0.15) is 9.36 Å². The second-order valence-corrected chi connectivity index (χ2v) is 4.75. The Morgan fingerprint density at radius 1 is 1.25 bits per heavy atom. The first kappa shape index (κ1) is 11.5. The number of nitrogens with zero attached hydrogens (tertiary/aromatic N) is 4. The minimum atomic E-state index is -0.271. The molecule has 0 aliphatic heterocycles. The second-order valence-electron chi connectivity index (χ2n) is 3.04. The quantitative estimate of drug-likeness (QED) is 0.794. The summed E-state index contributed by atoms with van der Waals surface area (Å²) in [5.74, 6) is 0. The number of hydrogen-bond acceptors (Lipinski definition) is 3. The van der Waals surface area contributed by atoms with Crippen LogP contribution in [-0.4, -0.2) is 25.1 Å². The smallest absolute Gasteiger partial charge is 0.244 e. The number of hydrogen-bond donors (Lipinski definition) is 0. The molecule has 0 bridgehead atoms. The maximum Gasteiger partial charge on any atom is 0.369 e. The van der Waals surface area contributed by atoms with E-state index >= 15 is 0 Å². The third-order valence-electron chi connectivity index (χ3n) is 2.00. The van der Waals surface area contributed by atoms with Crippen LogP contribution in [0.4, 0.5) is 0 Å². The van der Waals surface area contributed by atoms with Crippen molar-refractivity contribution in [2.75, 3.05) is 5.33 Å². The van der Waals surface area contributed by atoms with E-state index in [-0.39, 0.29) is 10.6 Å². The van der Waals surface area contributed by atoms with E-state index in [4.69, 9.17) is 0 Å². The van der Waals surface area contributed by atoms with E-state index in [1.165, 1.54) is 9.36 Å². The minimum Gasteiger partial charge on any atom is -0.244 e. The van der Waals surface area contributed by atoms with Crippen LogP contribution in [0, 0.1) is 0 Å². The number of aromatic nitrogens is 4. The summed E-state index contributed by atoms with van der Waals surface area (Å²) in [7, 11) is 0. The van der Waals surface area contributed by atoms with Crippen LogP contribution < -0.4 is 5.69 Å². The van der Waals surface area contributed by atoms with Gasteiger partial charge in [0.15, 0.2) is 0 Å². The van der Waals surface area contributed by atoms with Gasteiger partial charge < -0.3 is 0 Å². The van der Waals surface area contributed by atoms with Crippen LogP contribution in [0.2, 0.25) is 0 Å². The maximum absolute atomic E-state index is 11.9. The summed E-state index contributed by atoms with van der Waals surface area (Å²) in [6, 6.07) is 9.17. The summed E-state index contributed by atoms with van der Waals surface area (Å²) in [6.45, 7) is 0. The van der Waals surface area contributed by atoms with E-state index in [1.54, 1.807) is 12.1 Å². The predicted octanol–water partition coefficient (Wildman–Crippen LogP) is 1.72. The minimum absolute atomic E-state index is 0.197. The molecule has 0 saturated carbocycles. The lowest BCUT2D eigenvalue weighted by Gasteiger charge is -2.01. The van der Waals surface area contributed by atoms with Crippen LogP contribution in [0.15, 0.2) is 35.1 Å². The van der Waals surface area contributed by atoms with E-state index in [0.29, 0.717) is 11.0 Å². The van der Waals surface area contributed by atoms with Crippen molar-refractivity contribution < 1.29 is 0 Å². The zero-order valence-corrected chi connectivity index (χ0v) is 11.3. The first-order chi connectivity index (χ1) is 7.74. The van der Waals surface area contributed by atoms with Crippen LogP contribution in [-0.2, 0) is 0 Å². The molecule has 0 N–H and O–H groups in total. The van der Waals surface area contributed by atoms with Crippen molar-refractivity contribution in [3.8, 4) is 5.69 Å². The van der Waals surface area contributed by atoms with Crippen molar-refractivity contribution in [2.45, 2.75) is 4.95 Å². The van der Waals surface area contributed by atoms with Gasteiger partial charge in [-0.3, -0.25) is 0 Å². The van der Waals surface area contributed by atoms with Gasteiger partial charge in [-0.1, -0.05) is 50.1 Å². The Labute approximate surface area is 108 Å². The fourth-order valence-electron chi connectivity index (χ4n) is 1.23. The molecule has 2 aromatic rings. The van der Waals surface area contributed by atoms with Crippen LogP contribution in [0.25, 0.3) is 5.69 Å². The summed E-state index contributed by atoms with van der Waals surface area (Å²) in [5.41, 5.74) is 0.431. The highest BCUT2D eigenvalue weighted by atomic mass is 79.9. The van der Waals surface area contributed by atoms with Crippen LogP contribution in [0.3, 0.4) is 0 Å². The second kappa shape index (κ2) is 4.92. The van der Waals surface area contributed by atoms with Gasteiger partial charge in [0.2, 0.25) is 0 Å². The highest BCUT2D eigenvalue weighted by Gasteiger charge is 2.13. The molecule has 1 aromatic heterocycles. The van der Waals surface area contributed by atoms with Crippen LogP contribution in [0.5, 0.6) is 0 Å². The molecular formula is C9H8Br2N4O. The summed E-state index contributed by atoms with van der Waals surface area (Å²) < 4.78 is 2.54. The lowest BCUT2D eigenvalue weighted by Crippen LogP contribution is -2.26. The van der Waals surface area contributed by atoms with Crippen molar-refractivity contribution in [1.82, 2.24) is 19.8 Å². The summed E-state index contributed by atoms with van der Waals surface area (Å²) in [5, 5.41) is 8.21. The Morgan fingerprint density at radius 2 is 1.94 bits per heavy atom. The monoisotopic (exact) mass is 346 g/mol. The Hall–Kier alpha value is -0.950. The SMILES string of the molecule is O=c1n(-c2ccccc2)nnn1[C@@H](Br)CBr. The van der Waals surface area contributed by atoms with Crippen molar-refractivity contribution in [3.63, 3.8) is 0 Å². The van der Waals surface area contributed by atoms with Crippen molar-refractivity contribution in [2.24, 2.45) is 0 Å². The number of tetrazole rings is 1. The van der Waals surface area contributed by atoms with Crippen molar-refractivity contribution >= 4 is 31.9 Å². The highest BCUT2D eigenvalue weighted by Crippen LogP contribution is 2.13. The molecule has 0 aliphatic carbocycles. The average Bonchev–Trinajstić information content (AvgIpc) is 2.71. The fraction of sp³-hybridized carbons (Fsp3) is 0.222. The molecule has 7 heteroatoms. The Balaban J connectivity index is 2.46. The normalized spacial score (nSPS) is 12.6. The third-order valence-corrected chi connectivity index (χ3v) is 4.19. The van der Waals surface area contributed by atoms with E-state index in [9.17, 15) is 4.79 Å². The largest absolute Gasteiger partial charge is 0.369 e. The summed E-state index contributed by atoms with van der Waals surface area (Å²) in [6.07, 6.45) is 0. The molecule has 0 aliphatic rings.